The molecule has 0 spiro atoms. The lowest BCUT2D eigenvalue weighted by atomic mass is 10.1. The third-order valence-corrected chi connectivity index (χ3v) is 2.66. The minimum absolute atomic E-state index is 0.227. The Bertz CT molecular complexity index is 657. The van der Waals surface area contributed by atoms with Crippen LogP contribution in [0.3, 0.4) is 0 Å². The van der Waals surface area contributed by atoms with E-state index in [9.17, 15) is 0 Å². The zero-order valence-corrected chi connectivity index (χ0v) is 11.0. The van der Waals surface area contributed by atoms with Gasteiger partial charge in [0.15, 0.2) is 0 Å². The fourth-order valence-corrected chi connectivity index (χ4v) is 1.71. The van der Waals surface area contributed by atoms with Crippen LogP contribution in [0.5, 0.6) is 0 Å². The molecule has 0 aliphatic heterocycles. The van der Waals surface area contributed by atoms with E-state index in [-0.39, 0.29) is 5.95 Å². The Morgan fingerprint density at radius 2 is 1.85 bits per heavy atom. The van der Waals surface area contributed by atoms with Gasteiger partial charge in [-0.15, -0.1) is 0 Å². The molecule has 0 saturated heterocycles. The molecule has 0 radical (unpaired) electrons. The fourth-order valence-electron chi connectivity index (χ4n) is 1.71. The van der Waals surface area contributed by atoms with Crippen LogP contribution in [0, 0.1) is 0 Å². The van der Waals surface area contributed by atoms with E-state index in [2.05, 4.69) is 16.5 Å². The standard InChI is InChI=1S/C16H16N4/c1-12(7-5-6-10-17)14-11-15(20-16(18)19-14)13-8-3-2-4-9-13/h2-11H,1,17H2,(H2,18,19,20)/b7-5-,10-6-. The van der Waals surface area contributed by atoms with Crippen LogP contribution < -0.4 is 11.5 Å². The summed E-state index contributed by atoms with van der Waals surface area (Å²) < 4.78 is 0. The van der Waals surface area contributed by atoms with Crippen LogP contribution in [0.1, 0.15) is 5.69 Å². The SMILES string of the molecule is C=C(/C=C\C=C/N)c1cc(-c2ccccc2)nc(N)n1. The number of nitrogens with two attached hydrogens (primary N) is 2. The fraction of sp³-hybridized carbons (Fsp3) is 0. The summed E-state index contributed by atoms with van der Waals surface area (Å²) in [5, 5.41) is 0. The highest BCUT2D eigenvalue weighted by molar-refractivity contribution is 5.73. The second kappa shape index (κ2) is 6.33. The number of benzene rings is 1. The molecule has 4 N–H and O–H groups in total. The Labute approximate surface area is 118 Å². The van der Waals surface area contributed by atoms with Crippen molar-refractivity contribution < 1.29 is 0 Å². The topological polar surface area (TPSA) is 77.8 Å². The van der Waals surface area contributed by atoms with Crippen molar-refractivity contribution in [3.63, 3.8) is 0 Å². The van der Waals surface area contributed by atoms with Crippen LogP contribution in [0.25, 0.3) is 16.8 Å². The molecule has 100 valence electrons. The van der Waals surface area contributed by atoms with Gasteiger partial charge in [-0.25, -0.2) is 9.97 Å². The predicted octanol–water partition coefficient (Wildman–Crippen LogP) is 2.77. The summed E-state index contributed by atoms with van der Waals surface area (Å²) in [6, 6.07) is 11.7. The smallest absolute Gasteiger partial charge is 0.221 e. The summed E-state index contributed by atoms with van der Waals surface area (Å²) in [6.07, 6.45) is 6.78. The quantitative estimate of drug-likeness (QED) is 0.832. The van der Waals surface area contributed by atoms with E-state index >= 15 is 0 Å². The van der Waals surface area contributed by atoms with Gasteiger partial charge in [0.25, 0.3) is 0 Å². The van der Waals surface area contributed by atoms with Crippen molar-refractivity contribution in [2.24, 2.45) is 5.73 Å². The average molecular weight is 264 g/mol. The van der Waals surface area contributed by atoms with E-state index < -0.39 is 0 Å². The summed E-state index contributed by atoms with van der Waals surface area (Å²) in [5.41, 5.74) is 14.2. The number of aromatic nitrogens is 2. The van der Waals surface area contributed by atoms with Gasteiger partial charge in [-0.3, -0.25) is 0 Å². The Balaban J connectivity index is 2.37. The Morgan fingerprint density at radius 1 is 1.10 bits per heavy atom. The van der Waals surface area contributed by atoms with Crippen molar-refractivity contribution in [2.75, 3.05) is 5.73 Å². The van der Waals surface area contributed by atoms with Crippen LogP contribution >= 0.6 is 0 Å². The minimum Gasteiger partial charge on any atom is -0.405 e. The van der Waals surface area contributed by atoms with Gasteiger partial charge in [0.2, 0.25) is 5.95 Å². The lowest BCUT2D eigenvalue weighted by molar-refractivity contribution is 1.17. The zero-order valence-electron chi connectivity index (χ0n) is 11.0. The van der Waals surface area contributed by atoms with E-state index in [1.54, 1.807) is 12.2 Å². The molecule has 2 aromatic rings. The second-order valence-electron chi connectivity index (χ2n) is 4.13. The highest BCUT2D eigenvalue weighted by atomic mass is 15.0. The Hall–Kier alpha value is -2.88. The lowest BCUT2D eigenvalue weighted by Crippen LogP contribution is -1.99. The molecular weight excluding hydrogens is 248 g/mol. The van der Waals surface area contributed by atoms with E-state index in [4.69, 9.17) is 11.5 Å². The van der Waals surface area contributed by atoms with Gasteiger partial charge in [-0.1, -0.05) is 49.1 Å². The first-order chi connectivity index (χ1) is 9.70. The molecule has 0 aliphatic rings. The largest absolute Gasteiger partial charge is 0.405 e. The monoisotopic (exact) mass is 264 g/mol. The summed E-state index contributed by atoms with van der Waals surface area (Å²) in [6.45, 7) is 3.97. The highest BCUT2D eigenvalue weighted by Gasteiger charge is 2.05. The van der Waals surface area contributed by atoms with Crippen molar-refractivity contribution in [1.82, 2.24) is 9.97 Å². The molecule has 0 atom stereocenters. The molecule has 2 rings (SSSR count). The molecule has 0 aliphatic carbocycles. The summed E-state index contributed by atoms with van der Waals surface area (Å²) in [4.78, 5) is 8.45. The summed E-state index contributed by atoms with van der Waals surface area (Å²) >= 11 is 0. The molecule has 0 bridgehead atoms. The van der Waals surface area contributed by atoms with Gasteiger partial charge in [-0.05, 0) is 23.9 Å². The van der Waals surface area contributed by atoms with Gasteiger partial charge in [0.05, 0.1) is 11.4 Å². The number of hydrogen-bond acceptors (Lipinski definition) is 4. The highest BCUT2D eigenvalue weighted by Crippen LogP contribution is 2.21. The maximum Gasteiger partial charge on any atom is 0.221 e. The van der Waals surface area contributed by atoms with E-state index in [0.29, 0.717) is 5.69 Å². The number of nitrogen functional groups attached to an aromatic ring is 1. The molecule has 0 amide bonds. The Kier molecular flexibility index (Phi) is 4.29. The number of allylic oxidation sites excluding steroid dienone is 4. The van der Waals surface area contributed by atoms with E-state index in [1.165, 1.54) is 6.20 Å². The lowest BCUT2D eigenvalue weighted by Gasteiger charge is -2.06. The third kappa shape index (κ3) is 3.32. The number of nitrogens with zero attached hydrogens (tertiary/aromatic N) is 2. The van der Waals surface area contributed by atoms with Crippen LogP contribution in [0.4, 0.5) is 5.95 Å². The predicted molar refractivity (Wildman–Crippen MR) is 83.4 cm³/mol. The molecule has 4 nitrogen and oxygen atoms in total. The maximum atomic E-state index is 5.77. The van der Waals surface area contributed by atoms with Gasteiger partial charge >= 0.3 is 0 Å². The molecule has 1 heterocycles. The first-order valence-corrected chi connectivity index (χ1v) is 6.15. The van der Waals surface area contributed by atoms with E-state index in [1.807, 2.05) is 42.5 Å². The number of anilines is 1. The Morgan fingerprint density at radius 3 is 2.55 bits per heavy atom. The number of rotatable bonds is 4. The average Bonchev–Trinajstić information content (AvgIpc) is 2.47. The van der Waals surface area contributed by atoms with Crippen molar-refractivity contribution in [1.29, 1.82) is 0 Å². The van der Waals surface area contributed by atoms with Crippen LogP contribution in [-0.2, 0) is 0 Å². The van der Waals surface area contributed by atoms with Crippen LogP contribution in [-0.4, -0.2) is 9.97 Å². The van der Waals surface area contributed by atoms with Crippen molar-refractivity contribution in [2.45, 2.75) is 0 Å². The zero-order chi connectivity index (χ0) is 14.4. The maximum absolute atomic E-state index is 5.77. The van der Waals surface area contributed by atoms with Gasteiger partial charge < -0.3 is 11.5 Å². The van der Waals surface area contributed by atoms with Crippen molar-refractivity contribution in [3.8, 4) is 11.3 Å². The first kappa shape index (κ1) is 13.5. The third-order valence-electron chi connectivity index (χ3n) is 2.66. The first-order valence-electron chi connectivity index (χ1n) is 6.15. The van der Waals surface area contributed by atoms with Gasteiger partial charge in [0.1, 0.15) is 0 Å². The molecule has 0 saturated carbocycles. The number of hydrogen-bond donors (Lipinski definition) is 2. The second-order valence-corrected chi connectivity index (χ2v) is 4.13. The summed E-state index contributed by atoms with van der Waals surface area (Å²) in [7, 11) is 0. The van der Waals surface area contributed by atoms with Gasteiger partial charge in [0, 0.05) is 5.56 Å². The van der Waals surface area contributed by atoms with Crippen LogP contribution in [0.2, 0.25) is 0 Å². The van der Waals surface area contributed by atoms with E-state index in [0.717, 1.165) is 16.8 Å². The normalized spacial score (nSPS) is 11.2. The summed E-state index contributed by atoms with van der Waals surface area (Å²) in [5.74, 6) is 0.227. The molecule has 20 heavy (non-hydrogen) atoms. The molecule has 0 fully saturated rings. The molecule has 0 unspecified atom stereocenters. The molecular formula is C16H16N4. The van der Waals surface area contributed by atoms with Crippen molar-refractivity contribution in [3.05, 3.63) is 73.1 Å². The van der Waals surface area contributed by atoms with Crippen molar-refractivity contribution >= 4 is 11.5 Å². The molecule has 4 heteroatoms. The minimum atomic E-state index is 0.227. The molecule has 1 aromatic heterocycles. The molecule has 1 aromatic carbocycles. The van der Waals surface area contributed by atoms with Gasteiger partial charge in [-0.2, -0.15) is 0 Å². The van der Waals surface area contributed by atoms with Crippen LogP contribution in [0.15, 0.2) is 67.4 Å².